The highest BCUT2D eigenvalue weighted by Crippen LogP contribution is 2.17. The molecule has 13 heavy (non-hydrogen) atoms. The molecule has 1 aliphatic heterocycles. The maximum atomic E-state index is 9.20. The van der Waals surface area contributed by atoms with Gasteiger partial charge in [0.15, 0.2) is 6.29 Å². The molecule has 0 aromatic heterocycles. The number of nitrogens with two attached hydrogens (primary N) is 1. The molecule has 6 nitrogen and oxygen atoms in total. The number of rotatable bonds is 1. The lowest BCUT2D eigenvalue weighted by Gasteiger charge is -2.38. The number of aliphatic hydroxyl groups excluding tert-OH is 4. The van der Waals surface area contributed by atoms with E-state index in [1.54, 1.807) is 0 Å². The SMILES string of the molecule is Cl.NC1C(O)OC(CO)C(O)C1O. The van der Waals surface area contributed by atoms with Crippen molar-refractivity contribution in [3.63, 3.8) is 0 Å². The molecule has 0 amide bonds. The van der Waals surface area contributed by atoms with Gasteiger partial charge in [0.25, 0.3) is 0 Å². The Morgan fingerprint density at radius 1 is 1.15 bits per heavy atom. The van der Waals surface area contributed by atoms with Crippen LogP contribution in [0, 0.1) is 0 Å². The van der Waals surface area contributed by atoms with Crippen LogP contribution < -0.4 is 5.73 Å². The van der Waals surface area contributed by atoms with Gasteiger partial charge in [-0.15, -0.1) is 12.4 Å². The molecule has 1 saturated heterocycles. The van der Waals surface area contributed by atoms with Crippen molar-refractivity contribution in [2.45, 2.75) is 30.6 Å². The molecule has 0 spiro atoms. The van der Waals surface area contributed by atoms with Crippen molar-refractivity contribution < 1.29 is 25.2 Å². The van der Waals surface area contributed by atoms with Gasteiger partial charge in [-0.05, 0) is 0 Å². The Morgan fingerprint density at radius 3 is 2.15 bits per heavy atom. The van der Waals surface area contributed by atoms with Gasteiger partial charge in [0.05, 0.1) is 12.6 Å². The largest absolute Gasteiger partial charge is 0.394 e. The Morgan fingerprint density at radius 2 is 1.69 bits per heavy atom. The average Bonchev–Trinajstić information content (AvgIpc) is 2.08. The third-order valence-corrected chi connectivity index (χ3v) is 1.95. The van der Waals surface area contributed by atoms with E-state index >= 15 is 0 Å². The summed E-state index contributed by atoms with van der Waals surface area (Å²) in [5.41, 5.74) is 5.26. The van der Waals surface area contributed by atoms with Gasteiger partial charge in [0.2, 0.25) is 0 Å². The van der Waals surface area contributed by atoms with Crippen LogP contribution >= 0.6 is 12.4 Å². The summed E-state index contributed by atoms with van der Waals surface area (Å²) in [6.45, 7) is -0.470. The lowest BCUT2D eigenvalue weighted by molar-refractivity contribution is -0.248. The zero-order chi connectivity index (χ0) is 9.30. The summed E-state index contributed by atoms with van der Waals surface area (Å²) in [4.78, 5) is 0. The molecule has 5 unspecified atom stereocenters. The van der Waals surface area contributed by atoms with Crippen LogP contribution in [0.4, 0.5) is 0 Å². The second-order valence-electron chi connectivity index (χ2n) is 2.81. The maximum absolute atomic E-state index is 9.20. The molecule has 7 heteroatoms. The summed E-state index contributed by atoms with van der Waals surface area (Å²) in [6, 6.07) is -1.04. The fourth-order valence-corrected chi connectivity index (χ4v) is 1.12. The van der Waals surface area contributed by atoms with Gasteiger partial charge in [0.1, 0.15) is 18.3 Å². The number of hydrogen-bond acceptors (Lipinski definition) is 6. The normalized spacial score (nSPS) is 45.5. The Kier molecular flexibility index (Phi) is 5.08. The summed E-state index contributed by atoms with van der Waals surface area (Å²) in [7, 11) is 0. The smallest absolute Gasteiger partial charge is 0.173 e. The molecular formula is C6H14ClNO5. The monoisotopic (exact) mass is 215 g/mol. The van der Waals surface area contributed by atoms with E-state index in [4.69, 9.17) is 20.7 Å². The summed E-state index contributed by atoms with van der Waals surface area (Å²) in [5, 5.41) is 36.1. The summed E-state index contributed by atoms with van der Waals surface area (Å²) < 4.78 is 4.70. The zero-order valence-corrected chi connectivity index (χ0v) is 7.59. The Labute approximate surface area is 81.3 Å². The van der Waals surface area contributed by atoms with E-state index in [9.17, 15) is 10.2 Å². The maximum Gasteiger partial charge on any atom is 0.173 e. The molecule has 0 radical (unpaired) electrons. The summed E-state index contributed by atoms with van der Waals surface area (Å²) in [5.74, 6) is 0. The van der Waals surface area contributed by atoms with E-state index in [1.165, 1.54) is 0 Å². The molecule has 80 valence electrons. The van der Waals surface area contributed by atoms with E-state index in [2.05, 4.69) is 0 Å². The van der Waals surface area contributed by atoms with Gasteiger partial charge in [-0.25, -0.2) is 0 Å². The number of hydrogen-bond donors (Lipinski definition) is 5. The number of ether oxygens (including phenoxy) is 1. The predicted octanol–water partition coefficient (Wildman–Crippen LogP) is -2.83. The van der Waals surface area contributed by atoms with Crippen molar-refractivity contribution in [3.8, 4) is 0 Å². The van der Waals surface area contributed by atoms with Crippen molar-refractivity contribution >= 4 is 12.4 Å². The van der Waals surface area contributed by atoms with E-state index in [0.29, 0.717) is 0 Å². The van der Waals surface area contributed by atoms with Crippen LogP contribution in [-0.4, -0.2) is 57.7 Å². The molecule has 1 aliphatic rings. The lowest BCUT2D eigenvalue weighted by atomic mass is 9.98. The molecule has 0 bridgehead atoms. The molecule has 1 fully saturated rings. The molecule has 6 N–H and O–H groups in total. The molecule has 0 aromatic rings. The predicted molar refractivity (Wildman–Crippen MR) is 45.2 cm³/mol. The van der Waals surface area contributed by atoms with E-state index in [1.807, 2.05) is 0 Å². The van der Waals surface area contributed by atoms with Crippen LogP contribution in [0.15, 0.2) is 0 Å². The minimum Gasteiger partial charge on any atom is -0.394 e. The topological polar surface area (TPSA) is 116 Å². The molecular weight excluding hydrogens is 202 g/mol. The van der Waals surface area contributed by atoms with Crippen molar-refractivity contribution in [1.29, 1.82) is 0 Å². The molecule has 5 atom stereocenters. The van der Waals surface area contributed by atoms with Crippen molar-refractivity contribution in [2.24, 2.45) is 5.73 Å². The van der Waals surface area contributed by atoms with Gasteiger partial charge in [-0.3, -0.25) is 0 Å². The third-order valence-electron chi connectivity index (χ3n) is 1.95. The lowest BCUT2D eigenvalue weighted by Crippen LogP contribution is -2.61. The highest BCUT2D eigenvalue weighted by molar-refractivity contribution is 5.85. The minimum atomic E-state index is -1.35. The second kappa shape index (κ2) is 5.06. The standard InChI is InChI=1S/C6H13NO5.ClH/c7-3-5(10)4(9)2(1-8)12-6(3)11;/h2-6,8-11H,1,7H2;1H. The quantitative estimate of drug-likeness (QED) is 0.322. The highest BCUT2D eigenvalue weighted by Gasteiger charge is 2.41. The molecule has 0 aromatic carbocycles. The Bertz CT molecular complexity index is 155. The van der Waals surface area contributed by atoms with Crippen molar-refractivity contribution in [3.05, 3.63) is 0 Å². The van der Waals surface area contributed by atoms with Gasteiger partial charge in [-0.1, -0.05) is 0 Å². The average molecular weight is 216 g/mol. The van der Waals surface area contributed by atoms with Crippen LogP contribution in [-0.2, 0) is 4.74 Å². The Hall–Kier alpha value is 0.0500. The van der Waals surface area contributed by atoms with Gasteiger partial charge >= 0.3 is 0 Å². The van der Waals surface area contributed by atoms with Crippen LogP contribution in [0.25, 0.3) is 0 Å². The first-order valence-corrected chi connectivity index (χ1v) is 3.64. The minimum absolute atomic E-state index is 0. The van der Waals surface area contributed by atoms with Gasteiger partial charge in [0, 0.05) is 0 Å². The molecule has 1 heterocycles. The molecule has 0 aliphatic carbocycles. The fourth-order valence-electron chi connectivity index (χ4n) is 1.12. The van der Waals surface area contributed by atoms with Crippen molar-refractivity contribution in [1.82, 2.24) is 0 Å². The fraction of sp³-hybridized carbons (Fsp3) is 1.00. The van der Waals surface area contributed by atoms with Gasteiger partial charge < -0.3 is 30.9 Å². The summed E-state index contributed by atoms with van der Waals surface area (Å²) in [6.07, 6.45) is -4.85. The number of halogens is 1. The zero-order valence-electron chi connectivity index (χ0n) is 6.78. The number of aliphatic hydroxyl groups is 4. The van der Waals surface area contributed by atoms with E-state index in [-0.39, 0.29) is 12.4 Å². The van der Waals surface area contributed by atoms with E-state index in [0.717, 1.165) is 0 Å². The van der Waals surface area contributed by atoms with Crippen LogP contribution in [0.5, 0.6) is 0 Å². The second-order valence-corrected chi connectivity index (χ2v) is 2.81. The van der Waals surface area contributed by atoms with Crippen LogP contribution in [0.3, 0.4) is 0 Å². The van der Waals surface area contributed by atoms with Crippen molar-refractivity contribution in [2.75, 3.05) is 6.61 Å². The first kappa shape index (κ1) is 13.1. The molecule has 1 rings (SSSR count). The highest BCUT2D eigenvalue weighted by atomic mass is 35.5. The summed E-state index contributed by atoms with van der Waals surface area (Å²) >= 11 is 0. The Balaban J connectivity index is 0.00000144. The first-order chi connectivity index (χ1) is 5.57. The van der Waals surface area contributed by atoms with Gasteiger partial charge in [-0.2, -0.15) is 0 Å². The van der Waals surface area contributed by atoms with Crippen LogP contribution in [0.2, 0.25) is 0 Å². The third kappa shape index (κ3) is 2.50. The van der Waals surface area contributed by atoms with E-state index < -0.39 is 37.3 Å². The molecule has 0 saturated carbocycles. The first-order valence-electron chi connectivity index (χ1n) is 3.64. The van der Waals surface area contributed by atoms with Crippen LogP contribution in [0.1, 0.15) is 0 Å².